The number of primary amides is 1. The molecule has 12 nitrogen and oxygen atoms in total. The summed E-state index contributed by atoms with van der Waals surface area (Å²) in [5.41, 5.74) is 5.46. The van der Waals surface area contributed by atoms with Gasteiger partial charge in [-0.15, -0.1) is 0 Å². The number of carbonyl (C=O) groups is 4. The molecule has 2 fully saturated rings. The number of hydrogen-bond donors (Lipinski definition) is 3. The number of sulfone groups is 1. The lowest BCUT2D eigenvalue weighted by Crippen LogP contribution is -2.39. The van der Waals surface area contributed by atoms with E-state index in [9.17, 15) is 32.0 Å². The first kappa shape index (κ1) is 33.3. The molecule has 0 unspecified atom stereocenters. The highest BCUT2D eigenvalue weighted by Crippen LogP contribution is 2.45. The predicted octanol–water partition coefficient (Wildman–Crippen LogP) is 4.13. The highest BCUT2D eigenvalue weighted by atomic mass is 32.2. The Kier molecular flexibility index (Phi) is 9.47. The Hall–Kier alpha value is -5.05. The van der Waals surface area contributed by atoms with Crippen molar-refractivity contribution in [3.8, 4) is 5.75 Å². The van der Waals surface area contributed by atoms with Crippen LogP contribution in [0.1, 0.15) is 52.8 Å². The summed E-state index contributed by atoms with van der Waals surface area (Å²) in [6.45, 7) is -0.00913. The van der Waals surface area contributed by atoms with Gasteiger partial charge in [0.1, 0.15) is 18.1 Å². The molecule has 1 aliphatic heterocycles. The second-order valence-corrected chi connectivity index (χ2v) is 13.4. The van der Waals surface area contributed by atoms with Crippen molar-refractivity contribution < 1.29 is 45.9 Å². The van der Waals surface area contributed by atoms with Crippen LogP contribution in [0.15, 0.2) is 59.5 Å². The van der Waals surface area contributed by atoms with Crippen LogP contribution in [-0.4, -0.2) is 63.5 Å². The van der Waals surface area contributed by atoms with Crippen LogP contribution in [0.5, 0.6) is 5.75 Å². The van der Waals surface area contributed by atoms with Gasteiger partial charge in [-0.25, -0.2) is 22.0 Å². The molecule has 3 aromatic carbocycles. The molecule has 1 saturated heterocycles. The average Bonchev–Trinajstić information content (AvgIpc) is 3.84. The quantitative estimate of drug-likeness (QED) is 0.254. The summed E-state index contributed by atoms with van der Waals surface area (Å²) in [5.74, 6) is -4.20. The van der Waals surface area contributed by atoms with Crippen molar-refractivity contribution in [3.05, 3.63) is 82.9 Å². The van der Waals surface area contributed by atoms with E-state index in [0.717, 1.165) is 25.3 Å². The molecule has 1 heterocycles. The van der Waals surface area contributed by atoms with Crippen molar-refractivity contribution in [2.24, 2.45) is 11.7 Å². The van der Waals surface area contributed by atoms with E-state index >= 15 is 4.39 Å². The number of likely N-dealkylation sites (tertiary alicyclic amines) is 1. The van der Waals surface area contributed by atoms with E-state index in [1.165, 1.54) is 48.4 Å². The fourth-order valence-electron chi connectivity index (χ4n) is 5.70. The Balaban J connectivity index is 1.64. The third kappa shape index (κ3) is 6.75. The lowest BCUT2D eigenvalue weighted by molar-refractivity contribution is -0.133. The summed E-state index contributed by atoms with van der Waals surface area (Å²) in [6, 6.07) is 8.39. The first-order valence-electron chi connectivity index (χ1n) is 14.6. The Morgan fingerprint density at radius 3 is 2.36 bits per heavy atom. The first-order chi connectivity index (χ1) is 22.4. The summed E-state index contributed by atoms with van der Waals surface area (Å²) >= 11 is 0. The normalized spacial score (nSPS) is 18.3. The molecule has 248 valence electrons. The lowest BCUT2D eigenvalue weighted by Gasteiger charge is -2.32. The molecule has 2 aliphatic rings. The zero-order valence-electron chi connectivity index (χ0n) is 25.4. The van der Waals surface area contributed by atoms with Gasteiger partial charge in [0.05, 0.1) is 36.1 Å². The molecule has 5 rings (SSSR count). The molecule has 3 atom stereocenters. The molecule has 4 N–H and O–H groups in total. The number of aldehydes is 1. The molecule has 0 aromatic heterocycles. The van der Waals surface area contributed by atoms with Crippen LogP contribution in [0.4, 0.5) is 25.0 Å². The molecule has 0 radical (unpaired) electrons. The van der Waals surface area contributed by atoms with E-state index in [1.807, 2.05) is 0 Å². The number of amides is 3. The number of ether oxygens (including phenoxy) is 2. The number of halogens is 2. The third-order valence-corrected chi connectivity index (χ3v) is 10.6. The number of anilines is 2. The molecule has 3 aromatic rings. The van der Waals surface area contributed by atoms with Crippen LogP contribution in [0.25, 0.3) is 0 Å². The van der Waals surface area contributed by atoms with Crippen LogP contribution < -0.4 is 21.1 Å². The van der Waals surface area contributed by atoms with Gasteiger partial charge in [-0.2, -0.15) is 0 Å². The van der Waals surface area contributed by atoms with E-state index in [2.05, 4.69) is 15.4 Å². The lowest BCUT2D eigenvalue weighted by atomic mass is 9.93. The number of rotatable bonds is 11. The number of nitrogens with one attached hydrogen (secondary N) is 2. The largest absolute Gasteiger partial charge is 0.494 e. The highest BCUT2D eigenvalue weighted by molar-refractivity contribution is 7.92. The highest BCUT2D eigenvalue weighted by Gasteiger charge is 2.45. The van der Waals surface area contributed by atoms with Crippen molar-refractivity contribution in [3.63, 3.8) is 0 Å². The van der Waals surface area contributed by atoms with Crippen molar-refractivity contribution >= 4 is 45.4 Å². The monoisotopic (exact) mass is 670 g/mol. The van der Waals surface area contributed by atoms with Crippen molar-refractivity contribution in [1.29, 1.82) is 0 Å². The number of nitrogens with zero attached hydrogens (tertiary/aromatic N) is 1. The minimum atomic E-state index is -3.88. The second-order valence-electron chi connectivity index (χ2n) is 11.2. The number of nitrogens with two attached hydrogens (primary N) is 1. The van der Waals surface area contributed by atoms with Gasteiger partial charge in [0, 0.05) is 23.7 Å². The number of carbonyl (C=O) groups excluding carboxylic acids is 4. The van der Waals surface area contributed by atoms with E-state index < -0.39 is 62.6 Å². The molecule has 1 aliphatic carbocycles. The first-order valence-corrected chi connectivity index (χ1v) is 16.1. The van der Waals surface area contributed by atoms with Crippen LogP contribution >= 0.6 is 0 Å². The van der Waals surface area contributed by atoms with Crippen molar-refractivity contribution in [1.82, 2.24) is 4.90 Å². The summed E-state index contributed by atoms with van der Waals surface area (Å²) < 4.78 is 66.5. The van der Waals surface area contributed by atoms with Gasteiger partial charge < -0.3 is 30.2 Å². The SMILES string of the molecule is COC(=O)Nc1ccc(S(=O)(=O)C2CC2)c([C@H]2[C@@H](C=O)CCN2C(=O)[C@H](Nc2cc(C(N)=O)ccc2F)c2ccc(F)c(OC)c2)c1. The average molecular weight is 671 g/mol. The molecule has 47 heavy (non-hydrogen) atoms. The Labute approximate surface area is 269 Å². The smallest absolute Gasteiger partial charge is 0.411 e. The number of benzene rings is 3. The zero-order valence-corrected chi connectivity index (χ0v) is 26.2. The minimum Gasteiger partial charge on any atom is -0.494 e. The second kappa shape index (κ2) is 13.4. The van der Waals surface area contributed by atoms with Gasteiger partial charge in [-0.3, -0.25) is 14.9 Å². The molecular weight excluding hydrogens is 638 g/mol. The molecule has 3 amide bonds. The topological polar surface area (TPSA) is 174 Å². The Morgan fingerprint density at radius 2 is 1.72 bits per heavy atom. The number of hydrogen-bond acceptors (Lipinski definition) is 9. The van der Waals surface area contributed by atoms with E-state index in [4.69, 9.17) is 10.5 Å². The van der Waals surface area contributed by atoms with Gasteiger partial charge in [0.2, 0.25) is 11.8 Å². The fourth-order valence-corrected chi connectivity index (χ4v) is 7.58. The maximum atomic E-state index is 15.1. The van der Waals surface area contributed by atoms with Crippen LogP contribution in [0.3, 0.4) is 0 Å². The van der Waals surface area contributed by atoms with Crippen LogP contribution in [0.2, 0.25) is 0 Å². The maximum Gasteiger partial charge on any atom is 0.411 e. The minimum absolute atomic E-state index is 0.00913. The summed E-state index contributed by atoms with van der Waals surface area (Å²) in [7, 11) is -1.50. The Morgan fingerprint density at radius 1 is 1.00 bits per heavy atom. The van der Waals surface area contributed by atoms with Gasteiger partial charge in [0.25, 0.3) is 0 Å². The van der Waals surface area contributed by atoms with Crippen LogP contribution in [-0.2, 0) is 24.2 Å². The number of methoxy groups -OCH3 is 2. The van der Waals surface area contributed by atoms with Crippen LogP contribution in [0, 0.1) is 17.6 Å². The molecule has 0 spiro atoms. The van der Waals surface area contributed by atoms with Gasteiger partial charge in [-0.1, -0.05) is 6.07 Å². The van der Waals surface area contributed by atoms with E-state index in [0.29, 0.717) is 19.1 Å². The van der Waals surface area contributed by atoms with Crippen molar-refractivity contribution in [2.75, 3.05) is 31.4 Å². The van der Waals surface area contributed by atoms with Crippen molar-refractivity contribution in [2.45, 2.75) is 41.5 Å². The summed E-state index contributed by atoms with van der Waals surface area (Å²) in [5, 5.41) is 4.65. The zero-order chi connectivity index (χ0) is 34.0. The Bertz CT molecular complexity index is 1850. The van der Waals surface area contributed by atoms with Gasteiger partial charge in [-0.05, 0) is 78.9 Å². The molecule has 1 saturated carbocycles. The molecule has 15 heteroatoms. The van der Waals surface area contributed by atoms with E-state index in [-0.39, 0.29) is 51.7 Å². The predicted molar refractivity (Wildman–Crippen MR) is 166 cm³/mol. The molecule has 0 bridgehead atoms. The van der Waals surface area contributed by atoms with Gasteiger partial charge in [0.15, 0.2) is 21.4 Å². The fraction of sp³-hybridized carbons (Fsp3) is 0.312. The third-order valence-electron chi connectivity index (χ3n) is 8.24. The molecular formula is C32H32F2N4O8S. The summed E-state index contributed by atoms with van der Waals surface area (Å²) in [4.78, 5) is 52.1. The van der Waals surface area contributed by atoms with Gasteiger partial charge >= 0.3 is 6.09 Å². The van der Waals surface area contributed by atoms with E-state index in [1.54, 1.807) is 0 Å². The maximum absolute atomic E-state index is 15.1. The standard InChI is InChI=1S/C32H32F2N4O8S/c1-45-26-14-17(3-9-24(26)34)28(37-25-13-18(30(35)40)4-8-23(25)33)31(41)38-12-11-19(16-39)29(38)22-15-20(36-32(42)46-2)5-10-27(22)47(43,44)21-6-7-21/h3-5,8-10,13-16,19,21,28-29,37H,6-7,11-12H2,1-2H3,(H2,35,40)(H,36,42)/t19-,28-,29-/m1/s1. The summed E-state index contributed by atoms with van der Waals surface area (Å²) in [6.07, 6.45) is 0.855.